The molecule has 0 bridgehead atoms. The number of hydrogen-bond acceptors (Lipinski definition) is 4. The molecule has 0 unspecified atom stereocenters. The molecule has 0 amide bonds. The first-order valence-electron chi connectivity index (χ1n) is 9.72. The molecule has 4 nitrogen and oxygen atoms in total. The van der Waals surface area contributed by atoms with Crippen LogP contribution in [0.3, 0.4) is 0 Å². The van der Waals surface area contributed by atoms with Gasteiger partial charge in [0.2, 0.25) is 0 Å². The fourth-order valence-corrected chi connectivity index (χ4v) is 4.70. The summed E-state index contributed by atoms with van der Waals surface area (Å²) in [5.74, 6) is 0.128. The second-order valence-corrected chi connectivity index (χ2v) is 8.02. The second-order valence-electron chi connectivity index (χ2n) is 8.02. The number of methoxy groups -OCH3 is 1. The molecule has 1 spiro atoms. The van der Waals surface area contributed by atoms with Crippen LogP contribution in [-0.4, -0.2) is 23.7 Å². The number of fused-ring (bicyclic) bond motifs is 1. The molecule has 0 atom stereocenters. The van der Waals surface area contributed by atoms with E-state index in [0.717, 1.165) is 30.5 Å². The fourth-order valence-electron chi connectivity index (χ4n) is 4.70. The Balaban J connectivity index is 1.71. The maximum Gasteiger partial charge on any atom is 0.337 e. The Labute approximate surface area is 160 Å². The van der Waals surface area contributed by atoms with Gasteiger partial charge in [0.15, 0.2) is 0 Å². The van der Waals surface area contributed by atoms with Crippen LogP contribution in [0.2, 0.25) is 0 Å². The minimum Gasteiger partial charge on any atom is -0.507 e. The lowest BCUT2D eigenvalue weighted by molar-refractivity contribution is 0.0600. The molecule has 1 fully saturated rings. The quantitative estimate of drug-likeness (QED) is 0.803. The standard InChI is InChI=1S/C23H27NO3/c1-15-13-20-19(16(2)21(15)25)9-12-23(10-4-11-23)24(20)14-17-5-7-18(8-6-17)22(26)27-3/h5-8,13,25H,4,9-12,14H2,1-3H3. The monoisotopic (exact) mass is 365 g/mol. The largest absolute Gasteiger partial charge is 0.507 e. The molecule has 0 aromatic heterocycles. The summed E-state index contributed by atoms with van der Waals surface area (Å²) in [5.41, 5.74) is 6.51. The van der Waals surface area contributed by atoms with Crippen molar-refractivity contribution in [3.05, 3.63) is 58.1 Å². The molecule has 142 valence electrons. The summed E-state index contributed by atoms with van der Waals surface area (Å²) in [5, 5.41) is 10.4. The Morgan fingerprint density at radius 3 is 2.48 bits per heavy atom. The molecule has 1 N–H and O–H groups in total. The van der Waals surface area contributed by atoms with Crippen LogP contribution >= 0.6 is 0 Å². The predicted octanol–water partition coefficient (Wildman–Crippen LogP) is 4.67. The number of phenols is 1. The fraction of sp³-hybridized carbons (Fsp3) is 0.435. The van der Waals surface area contributed by atoms with E-state index in [-0.39, 0.29) is 11.5 Å². The number of ether oxygens (including phenoxy) is 1. The highest BCUT2D eigenvalue weighted by atomic mass is 16.5. The molecule has 1 aliphatic heterocycles. The summed E-state index contributed by atoms with van der Waals surface area (Å²) in [7, 11) is 1.40. The van der Waals surface area contributed by atoms with E-state index in [2.05, 4.69) is 11.0 Å². The van der Waals surface area contributed by atoms with E-state index >= 15 is 0 Å². The van der Waals surface area contributed by atoms with Crippen LogP contribution in [0.1, 0.15) is 58.3 Å². The molecule has 0 saturated heterocycles. The minimum absolute atomic E-state index is 0.240. The van der Waals surface area contributed by atoms with Gasteiger partial charge in [-0.3, -0.25) is 0 Å². The summed E-state index contributed by atoms with van der Waals surface area (Å²) >= 11 is 0. The number of carbonyl (C=O) groups excluding carboxylic acids is 1. The highest BCUT2D eigenvalue weighted by Gasteiger charge is 2.45. The van der Waals surface area contributed by atoms with Crippen molar-refractivity contribution in [2.75, 3.05) is 12.0 Å². The van der Waals surface area contributed by atoms with Crippen LogP contribution in [0.5, 0.6) is 5.75 Å². The van der Waals surface area contributed by atoms with E-state index in [4.69, 9.17) is 4.74 Å². The summed E-state index contributed by atoms with van der Waals surface area (Å²) in [6.45, 7) is 4.83. The molecule has 4 rings (SSSR count). The van der Waals surface area contributed by atoms with Gasteiger partial charge in [0, 0.05) is 17.8 Å². The van der Waals surface area contributed by atoms with Crippen LogP contribution < -0.4 is 4.90 Å². The highest BCUT2D eigenvalue weighted by Crippen LogP contribution is 2.50. The summed E-state index contributed by atoms with van der Waals surface area (Å²) in [4.78, 5) is 14.2. The maximum absolute atomic E-state index is 11.7. The SMILES string of the molecule is COC(=O)c1ccc(CN2c3cc(C)c(O)c(C)c3CCC23CCC3)cc1. The van der Waals surface area contributed by atoms with E-state index in [1.807, 2.05) is 38.1 Å². The van der Waals surface area contributed by atoms with Gasteiger partial charge in [0.1, 0.15) is 5.75 Å². The van der Waals surface area contributed by atoms with Crippen LogP contribution in [0.25, 0.3) is 0 Å². The number of rotatable bonds is 3. The first kappa shape index (κ1) is 17.9. The van der Waals surface area contributed by atoms with Crippen molar-refractivity contribution in [2.45, 2.75) is 58.0 Å². The third kappa shape index (κ3) is 2.88. The number of benzene rings is 2. The van der Waals surface area contributed by atoms with Crippen molar-refractivity contribution in [3.63, 3.8) is 0 Å². The Bertz CT molecular complexity index is 881. The Kier molecular flexibility index (Phi) is 4.37. The number of carbonyl (C=O) groups is 1. The molecule has 2 aromatic rings. The van der Waals surface area contributed by atoms with Gasteiger partial charge in [-0.2, -0.15) is 0 Å². The van der Waals surface area contributed by atoms with Crippen LogP contribution in [0.4, 0.5) is 5.69 Å². The minimum atomic E-state index is -0.304. The summed E-state index contributed by atoms with van der Waals surface area (Å²) < 4.78 is 4.80. The maximum atomic E-state index is 11.7. The zero-order valence-electron chi connectivity index (χ0n) is 16.3. The number of phenolic OH excluding ortho intramolecular Hbond substituents is 1. The zero-order chi connectivity index (χ0) is 19.2. The number of nitrogens with zero attached hydrogens (tertiary/aromatic N) is 1. The third-order valence-corrected chi connectivity index (χ3v) is 6.55. The average molecular weight is 365 g/mol. The average Bonchev–Trinajstić information content (AvgIpc) is 2.65. The lowest BCUT2D eigenvalue weighted by Crippen LogP contribution is -2.56. The molecule has 2 aromatic carbocycles. The smallest absolute Gasteiger partial charge is 0.337 e. The van der Waals surface area contributed by atoms with Crippen molar-refractivity contribution in [1.82, 2.24) is 0 Å². The van der Waals surface area contributed by atoms with Crippen LogP contribution in [0, 0.1) is 13.8 Å². The molecule has 1 heterocycles. The van der Waals surface area contributed by atoms with Crippen molar-refractivity contribution in [3.8, 4) is 5.75 Å². The molecule has 4 heteroatoms. The Hall–Kier alpha value is -2.49. The Morgan fingerprint density at radius 2 is 1.89 bits per heavy atom. The number of esters is 1. The molecule has 0 radical (unpaired) electrons. The van der Waals surface area contributed by atoms with E-state index < -0.39 is 0 Å². The molecular formula is C23H27NO3. The molecular weight excluding hydrogens is 338 g/mol. The lowest BCUT2D eigenvalue weighted by Gasteiger charge is -2.55. The van der Waals surface area contributed by atoms with Crippen LogP contribution in [0.15, 0.2) is 30.3 Å². The third-order valence-electron chi connectivity index (χ3n) is 6.55. The number of aromatic hydroxyl groups is 1. The number of anilines is 1. The lowest BCUT2D eigenvalue weighted by atomic mass is 9.68. The van der Waals surface area contributed by atoms with E-state index in [0.29, 0.717) is 11.3 Å². The van der Waals surface area contributed by atoms with Gasteiger partial charge in [0.25, 0.3) is 0 Å². The van der Waals surface area contributed by atoms with Gasteiger partial charge in [-0.05, 0) is 86.4 Å². The van der Waals surface area contributed by atoms with Crippen molar-refractivity contribution >= 4 is 11.7 Å². The van der Waals surface area contributed by atoms with Gasteiger partial charge in [-0.25, -0.2) is 4.79 Å². The molecule has 1 saturated carbocycles. The van der Waals surface area contributed by atoms with Gasteiger partial charge in [0.05, 0.1) is 12.7 Å². The molecule has 1 aliphatic carbocycles. The van der Waals surface area contributed by atoms with Gasteiger partial charge >= 0.3 is 5.97 Å². The number of aryl methyl sites for hydroxylation is 1. The first-order chi connectivity index (χ1) is 12.9. The molecule has 27 heavy (non-hydrogen) atoms. The van der Waals surface area contributed by atoms with Crippen molar-refractivity contribution < 1.29 is 14.6 Å². The van der Waals surface area contributed by atoms with E-state index in [1.54, 1.807) is 0 Å². The van der Waals surface area contributed by atoms with Gasteiger partial charge < -0.3 is 14.7 Å². The summed E-state index contributed by atoms with van der Waals surface area (Å²) in [6.07, 6.45) is 5.91. The zero-order valence-corrected chi connectivity index (χ0v) is 16.3. The van der Waals surface area contributed by atoms with Crippen LogP contribution in [-0.2, 0) is 17.7 Å². The normalized spacial score (nSPS) is 17.4. The topological polar surface area (TPSA) is 49.8 Å². The molecule has 2 aliphatic rings. The van der Waals surface area contributed by atoms with Crippen molar-refractivity contribution in [1.29, 1.82) is 0 Å². The predicted molar refractivity (Wildman–Crippen MR) is 106 cm³/mol. The highest BCUT2D eigenvalue weighted by molar-refractivity contribution is 5.89. The van der Waals surface area contributed by atoms with Crippen molar-refractivity contribution in [2.24, 2.45) is 0 Å². The Morgan fingerprint density at radius 1 is 1.19 bits per heavy atom. The van der Waals surface area contributed by atoms with Gasteiger partial charge in [-0.15, -0.1) is 0 Å². The van der Waals surface area contributed by atoms with E-state index in [1.165, 1.54) is 43.2 Å². The number of hydrogen-bond donors (Lipinski definition) is 1. The second kappa shape index (κ2) is 6.59. The van der Waals surface area contributed by atoms with Gasteiger partial charge in [-0.1, -0.05) is 12.1 Å². The van der Waals surface area contributed by atoms with E-state index in [9.17, 15) is 9.90 Å². The summed E-state index contributed by atoms with van der Waals surface area (Å²) in [6, 6.07) is 9.87. The first-order valence-corrected chi connectivity index (χ1v) is 9.72.